The summed E-state index contributed by atoms with van der Waals surface area (Å²) in [5.41, 5.74) is 1.54. The number of guanidine groups is 1. The molecule has 0 aromatic carbocycles. The maximum atomic E-state index is 11.8. The van der Waals surface area contributed by atoms with Gasteiger partial charge in [0.2, 0.25) is 5.91 Å². The molecule has 0 aliphatic carbocycles. The number of nitrogens with one attached hydrogen (secondary N) is 2. The van der Waals surface area contributed by atoms with E-state index in [1.165, 1.54) is 0 Å². The standard InChI is InChI=1S/C24H28N6O3/c1-17-15-28-23(27-10-5-11-30-12-13-33-16-20(30)31)29-21(17)19(14-25)22-18(6-4-9-26-22)7-8-24(2,3)32/h4,6,9,15,32H,5,10-13,16H2,1-3H3,(H2,27,28,29)/b21-19-. The number of rotatable bonds is 5. The predicted molar refractivity (Wildman–Crippen MR) is 124 cm³/mol. The summed E-state index contributed by atoms with van der Waals surface area (Å²) >= 11 is 0. The average molecular weight is 449 g/mol. The fourth-order valence-corrected chi connectivity index (χ4v) is 3.24. The molecular formula is C24H28N6O3. The third-order valence-electron chi connectivity index (χ3n) is 4.91. The van der Waals surface area contributed by atoms with Crippen LogP contribution < -0.4 is 10.6 Å². The van der Waals surface area contributed by atoms with E-state index in [9.17, 15) is 15.2 Å². The first kappa shape index (κ1) is 24.0. The molecule has 1 fully saturated rings. The molecule has 2 aliphatic heterocycles. The van der Waals surface area contributed by atoms with Crippen LogP contribution in [0, 0.1) is 23.2 Å². The number of aliphatic imine (C=N–C) groups is 1. The fourth-order valence-electron chi connectivity index (χ4n) is 3.24. The molecule has 3 N–H and O–H groups in total. The first-order valence-electron chi connectivity index (χ1n) is 10.7. The van der Waals surface area contributed by atoms with Crippen molar-refractivity contribution in [2.45, 2.75) is 32.8 Å². The van der Waals surface area contributed by atoms with Gasteiger partial charge in [-0.3, -0.25) is 14.8 Å². The molecule has 1 amide bonds. The molecular weight excluding hydrogens is 420 g/mol. The maximum absolute atomic E-state index is 11.8. The lowest BCUT2D eigenvalue weighted by molar-refractivity contribution is -0.142. The van der Waals surface area contributed by atoms with Gasteiger partial charge in [-0.05, 0) is 44.9 Å². The second-order valence-corrected chi connectivity index (χ2v) is 8.18. The van der Waals surface area contributed by atoms with Crippen molar-refractivity contribution in [1.29, 1.82) is 5.26 Å². The van der Waals surface area contributed by atoms with Gasteiger partial charge >= 0.3 is 0 Å². The monoisotopic (exact) mass is 448 g/mol. The molecule has 3 heterocycles. The molecule has 0 unspecified atom stereocenters. The molecule has 1 saturated heterocycles. The van der Waals surface area contributed by atoms with Gasteiger partial charge in [-0.2, -0.15) is 5.26 Å². The molecule has 172 valence electrons. The van der Waals surface area contributed by atoms with Crippen LogP contribution in [0.15, 0.2) is 40.8 Å². The van der Waals surface area contributed by atoms with E-state index in [-0.39, 0.29) is 12.5 Å². The number of ether oxygens (including phenoxy) is 1. The van der Waals surface area contributed by atoms with E-state index in [1.807, 2.05) is 6.92 Å². The molecule has 0 spiro atoms. The fraction of sp³-hybridized carbons (Fsp3) is 0.417. The quantitative estimate of drug-likeness (QED) is 0.351. The van der Waals surface area contributed by atoms with E-state index in [0.717, 1.165) is 5.57 Å². The van der Waals surface area contributed by atoms with Gasteiger partial charge in [-0.25, -0.2) is 0 Å². The number of allylic oxidation sites excluding steroid dienone is 2. The molecule has 0 saturated carbocycles. The molecule has 1 aromatic rings. The molecule has 33 heavy (non-hydrogen) atoms. The predicted octanol–water partition coefficient (Wildman–Crippen LogP) is 1.14. The highest BCUT2D eigenvalue weighted by atomic mass is 16.5. The largest absolute Gasteiger partial charge is 0.378 e. The first-order chi connectivity index (χ1) is 15.8. The zero-order valence-electron chi connectivity index (χ0n) is 19.1. The third-order valence-corrected chi connectivity index (χ3v) is 4.91. The Balaban J connectivity index is 1.79. The summed E-state index contributed by atoms with van der Waals surface area (Å²) in [6.45, 7) is 7.51. The molecule has 2 aliphatic rings. The summed E-state index contributed by atoms with van der Waals surface area (Å²) in [5, 5.41) is 26.2. The molecule has 9 heteroatoms. The van der Waals surface area contributed by atoms with Crippen molar-refractivity contribution < 1.29 is 14.6 Å². The smallest absolute Gasteiger partial charge is 0.248 e. The van der Waals surface area contributed by atoms with Crippen molar-refractivity contribution in [3.8, 4) is 17.9 Å². The minimum absolute atomic E-state index is 0.00380. The lowest BCUT2D eigenvalue weighted by atomic mass is 10.0. The summed E-state index contributed by atoms with van der Waals surface area (Å²) < 4.78 is 5.14. The number of pyridine rings is 1. The average Bonchev–Trinajstić information content (AvgIpc) is 2.79. The Kier molecular flexibility index (Phi) is 7.83. The van der Waals surface area contributed by atoms with Crippen molar-refractivity contribution in [2.24, 2.45) is 4.99 Å². The molecule has 0 radical (unpaired) electrons. The van der Waals surface area contributed by atoms with Crippen LogP contribution in [0.5, 0.6) is 0 Å². The molecule has 0 bridgehead atoms. The Morgan fingerprint density at radius 2 is 2.27 bits per heavy atom. The Bertz CT molecular complexity index is 1100. The van der Waals surface area contributed by atoms with Crippen molar-refractivity contribution in [3.05, 3.63) is 47.1 Å². The van der Waals surface area contributed by atoms with E-state index >= 15 is 0 Å². The number of aliphatic hydroxyl groups is 1. The van der Waals surface area contributed by atoms with E-state index in [1.54, 1.807) is 43.3 Å². The van der Waals surface area contributed by atoms with Gasteiger partial charge in [0.1, 0.15) is 23.9 Å². The number of nitrogens with zero attached hydrogens (tertiary/aromatic N) is 4. The Morgan fingerprint density at radius 3 is 3.00 bits per heavy atom. The zero-order chi connectivity index (χ0) is 23.8. The lowest BCUT2D eigenvalue weighted by Gasteiger charge is -2.26. The third kappa shape index (κ3) is 6.66. The maximum Gasteiger partial charge on any atom is 0.248 e. The number of hydrogen-bond acceptors (Lipinski definition) is 6. The molecule has 3 rings (SSSR count). The molecule has 0 atom stereocenters. The summed E-state index contributed by atoms with van der Waals surface area (Å²) in [6, 6.07) is 5.74. The zero-order valence-corrected chi connectivity index (χ0v) is 19.1. The first-order valence-corrected chi connectivity index (χ1v) is 10.7. The van der Waals surface area contributed by atoms with E-state index in [0.29, 0.717) is 61.1 Å². The Hall–Kier alpha value is -3.66. The number of nitriles is 1. The van der Waals surface area contributed by atoms with E-state index in [2.05, 4.69) is 38.5 Å². The van der Waals surface area contributed by atoms with Gasteiger partial charge in [0.15, 0.2) is 5.96 Å². The van der Waals surface area contributed by atoms with Crippen molar-refractivity contribution >= 4 is 17.4 Å². The van der Waals surface area contributed by atoms with Gasteiger partial charge < -0.3 is 25.4 Å². The highest BCUT2D eigenvalue weighted by Gasteiger charge is 2.20. The van der Waals surface area contributed by atoms with Crippen LogP contribution in [0.3, 0.4) is 0 Å². The van der Waals surface area contributed by atoms with Gasteiger partial charge in [-0.1, -0.05) is 11.8 Å². The number of carbonyl (C=O) groups is 1. The van der Waals surface area contributed by atoms with Crippen molar-refractivity contribution in [1.82, 2.24) is 20.5 Å². The molecule has 9 nitrogen and oxygen atoms in total. The van der Waals surface area contributed by atoms with Crippen LogP contribution in [0.25, 0.3) is 5.57 Å². The number of carbonyl (C=O) groups excluding carboxylic acids is 1. The van der Waals surface area contributed by atoms with Crippen LogP contribution in [0.4, 0.5) is 0 Å². The van der Waals surface area contributed by atoms with Gasteiger partial charge in [0, 0.05) is 32.0 Å². The van der Waals surface area contributed by atoms with Crippen LogP contribution in [0.2, 0.25) is 0 Å². The van der Waals surface area contributed by atoms with E-state index in [4.69, 9.17) is 4.74 Å². The molecule has 1 aromatic heterocycles. The van der Waals surface area contributed by atoms with Crippen LogP contribution in [0.1, 0.15) is 38.4 Å². The topological polar surface area (TPSA) is 123 Å². The Morgan fingerprint density at radius 1 is 1.45 bits per heavy atom. The second kappa shape index (κ2) is 10.8. The number of morpholine rings is 1. The van der Waals surface area contributed by atoms with Gasteiger partial charge in [-0.15, -0.1) is 0 Å². The van der Waals surface area contributed by atoms with E-state index < -0.39 is 5.60 Å². The van der Waals surface area contributed by atoms with Crippen LogP contribution in [-0.4, -0.2) is 65.3 Å². The SMILES string of the molecule is CC1=CNC(=NCCCN2CCOCC2=O)N/C1=C(/C#N)c1ncccc1C#CC(C)(C)O. The van der Waals surface area contributed by atoms with Gasteiger partial charge in [0.25, 0.3) is 0 Å². The summed E-state index contributed by atoms with van der Waals surface area (Å²) in [7, 11) is 0. The minimum Gasteiger partial charge on any atom is -0.378 e. The highest BCUT2D eigenvalue weighted by Crippen LogP contribution is 2.23. The summed E-state index contributed by atoms with van der Waals surface area (Å²) in [4.78, 5) is 22.5. The lowest BCUT2D eigenvalue weighted by Crippen LogP contribution is -2.42. The number of aromatic nitrogens is 1. The van der Waals surface area contributed by atoms with Crippen molar-refractivity contribution in [3.63, 3.8) is 0 Å². The highest BCUT2D eigenvalue weighted by molar-refractivity contribution is 5.91. The number of hydrogen-bond donors (Lipinski definition) is 3. The minimum atomic E-state index is -1.17. The number of amides is 1. The normalized spacial score (nSPS) is 19.0. The second-order valence-electron chi connectivity index (χ2n) is 8.18. The Labute approximate surface area is 193 Å². The van der Waals surface area contributed by atoms with Crippen LogP contribution in [-0.2, 0) is 9.53 Å². The summed E-state index contributed by atoms with van der Waals surface area (Å²) in [5.74, 6) is 6.21. The van der Waals surface area contributed by atoms with Crippen molar-refractivity contribution in [2.75, 3.05) is 32.8 Å². The van der Waals surface area contributed by atoms with Crippen LogP contribution >= 0.6 is 0 Å². The summed E-state index contributed by atoms with van der Waals surface area (Å²) in [6.07, 6.45) is 4.09. The van der Waals surface area contributed by atoms with Gasteiger partial charge in [0.05, 0.1) is 23.6 Å².